The molecule has 114 valence electrons. The van der Waals surface area contributed by atoms with Crippen molar-refractivity contribution < 1.29 is 8.42 Å². The van der Waals surface area contributed by atoms with Gasteiger partial charge in [-0.25, -0.2) is 4.72 Å². The zero-order chi connectivity index (χ0) is 14.1. The Bertz CT molecular complexity index is 329. The number of nitrogens with one attached hydrogen (secondary N) is 2. The minimum absolute atomic E-state index is 0.500. The van der Waals surface area contributed by atoms with Crippen molar-refractivity contribution in [1.82, 2.24) is 19.2 Å². The van der Waals surface area contributed by atoms with Gasteiger partial charge in [-0.15, -0.1) is 0 Å². The van der Waals surface area contributed by atoms with E-state index in [-0.39, 0.29) is 0 Å². The molecule has 1 rings (SSSR count). The highest BCUT2D eigenvalue weighted by Gasteiger charge is 2.17. The molecule has 19 heavy (non-hydrogen) atoms. The topological polar surface area (TPSA) is 64.7 Å². The first kappa shape index (κ1) is 16.8. The monoisotopic (exact) mass is 292 g/mol. The van der Waals surface area contributed by atoms with Crippen LogP contribution in [0.5, 0.6) is 0 Å². The van der Waals surface area contributed by atoms with Crippen molar-refractivity contribution >= 4 is 10.2 Å². The van der Waals surface area contributed by atoms with Gasteiger partial charge in [0, 0.05) is 26.7 Å². The number of likely N-dealkylation sites (tertiary alicyclic amines) is 1. The van der Waals surface area contributed by atoms with Crippen molar-refractivity contribution in [3.63, 3.8) is 0 Å². The van der Waals surface area contributed by atoms with Gasteiger partial charge in [0.05, 0.1) is 0 Å². The van der Waals surface area contributed by atoms with Gasteiger partial charge in [0.2, 0.25) is 0 Å². The summed E-state index contributed by atoms with van der Waals surface area (Å²) >= 11 is 0. The van der Waals surface area contributed by atoms with E-state index in [0.717, 1.165) is 39.1 Å². The van der Waals surface area contributed by atoms with E-state index in [2.05, 4.69) is 14.9 Å². The molecule has 0 bridgehead atoms. The quantitative estimate of drug-likeness (QED) is 0.550. The summed E-state index contributed by atoms with van der Waals surface area (Å²) in [5, 5.41) is 3.19. The van der Waals surface area contributed by atoms with E-state index in [1.165, 1.54) is 17.1 Å². The van der Waals surface area contributed by atoms with Crippen molar-refractivity contribution in [2.45, 2.75) is 26.2 Å². The predicted molar refractivity (Wildman–Crippen MR) is 78.4 cm³/mol. The summed E-state index contributed by atoms with van der Waals surface area (Å²) in [4.78, 5) is 2.30. The average Bonchev–Trinajstić information content (AvgIpc) is 2.87. The lowest BCUT2D eigenvalue weighted by Gasteiger charge is -2.19. The van der Waals surface area contributed by atoms with Gasteiger partial charge in [0.15, 0.2) is 0 Å². The zero-order valence-corrected chi connectivity index (χ0v) is 13.0. The van der Waals surface area contributed by atoms with Crippen LogP contribution in [-0.2, 0) is 10.2 Å². The number of hydrogen-bond acceptors (Lipinski definition) is 4. The van der Waals surface area contributed by atoms with E-state index in [9.17, 15) is 8.42 Å². The van der Waals surface area contributed by atoms with Gasteiger partial charge in [-0.05, 0) is 45.4 Å². The Kier molecular flexibility index (Phi) is 7.86. The van der Waals surface area contributed by atoms with Crippen molar-refractivity contribution in [2.24, 2.45) is 0 Å². The van der Waals surface area contributed by atoms with Crippen LogP contribution in [0.3, 0.4) is 0 Å². The zero-order valence-electron chi connectivity index (χ0n) is 12.2. The molecular formula is C12H28N4O2S. The Morgan fingerprint density at radius 3 is 2.53 bits per heavy atom. The lowest BCUT2D eigenvalue weighted by molar-refractivity contribution is 0.341. The van der Waals surface area contributed by atoms with E-state index in [1.807, 2.05) is 6.92 Å². The molecule has 0 amide bonds. The van der Waals surface area contributed by atoms with Crippen molar-refractivity contribution in [2.75, 3.05) is 52.9 Å². The standard InChI is InChI=1S/C12H28N4O2S/c1-3-13-7-6-9-15(2)19(17,18)14-8-12-16-10-4-5-11-16/h13-14H,3-12H2,1-2H3. The van der Waals surface area contributed by atoms with Crippen LogP contribution in [0, 0.1) is 0 Å². The molecule has 1 fully saturated rings. The third-order valence-corrected chi connectivity index (χ3v) is 4.97. The molecule has 0 unspecified atom stereocenters. The smallest absolute Gasteiger partial charge is 0.279 e. The summed E-state index contributed by atoms with van der Waals surface area (Å²) in [6, 6.07) is 0. The Morgan fingerprint density at radius 2 is 1.89 bits per heavy atom. The summed E-state index contributed by atoms with van der Waals surface area (Å²) in [6.07, 6.45) is 3.30. The second-order valence-corrected chi connectivity index (χ2v) is 6.84. The second-order valence-electron chi connectivity index (χ2n) is 4.98. The maximum absolute atomic E-state index is 11.9. The molecule has 1 aliphatic heterocycles. The molecule has 0 aromatic carbocycles. The van der Waals surface area contributed by atoms with Gasteiger partial charge in [0.25, 0.3) is 10.2 Å². The third kappa shape index (κ3) is 6.67. The minimum atomic E-state index is -3.31. The lowest BCUT2D eigenvalue weighted by Crippen LogP contribution is -2.42. The summed E-state index contributed by atoms with van der Waals surface area (Å²) in [6.45, 7) is 7.87. The van der Waals surface area contributed by atoms with Gasteiger partial charge in [-0.2, -0.15) is 12.7 Å². The highest BCUT2D eigenvalue weighted by Crippen LogP contribution is 2.05. The lowest BCUT2D eigenvalue weighted by atomic mass is 10.4. The van der Waals surface area contributed by atoms with Gasteiger partial charge in [0.1, 0.15) is 0 Å². The number of hydrogen-bond donors (Lipinski definition) is 2. The first-order chi connectivity index (χ1) is 9.06. The van der Waals surface area contributed by atoms with Crippen LogP contribution in [0.25, 0.3) is 0 Å². The molecule has 0 aliphatic carbocycles. The van der Waals surface area contributed by atoms with Gasteiger partial charge >= 0.3 is 0 Å². The van der Waals surface area contributed by atoms with Crippen LogP contribution in [0.15, 0.2) is 0 Å². The van der Waals surface area contributed by atoms with Crippen molar-refractivity contribution in [3.8, 4) is 0 Å². The Hall–Kier alpha value is -0.210. The van der Waals surface area contributed by atoms with E-state index >= 15 is 0 Å². The van der Waals surface area contributed by atoms with Gasteiger partial charge in [-0.3, -0.25) is 0 Å². The molecule has 0 aromatic heterocycles. The normalized spacial score (nSPS) is 17.4. The molecule has 0 atom stereocenters. The third-order valence-electron chi connectivity index (χ3n) is 3.40. The average molecular weight is 292 g/mol. The van der Waals surface area contributed by atoms with Crippen molar-refractivity contribution in [3.05, 3.63) is 0 Å². The molecule has 1 aliphatic rings. The molecule has 0 aromatic rings. The van der Waals surface area contributed by atoms with Crippen molar-refractivity contribution in [1.29, 1.82) is 0 Å². The van der Waals surface area contributed by atoms with E-state index in [4.69, 9.17) is 0 Å². The molecular weight excluding hydrogens is 264 g/mol. The Balaban J connectivity index is 2.17. The molecule has 6 nitrogen and oxygen atoms in total. The molecule has 0 saturated carbocycles. The first-order valence-electron chi connectivity index (χ1n) is 7.20. The minimum Gasteiger partial charge on any atom is -0.317 e. The highest BCUT2D eigenvalue weighted by atomic mass is 32.2. The van der Waals surface area contributed by atoms with Crippen LogP contribution in [0.4, 0.5) is 0 Å². The molecule has 2 N–H and O–H groups in total. The van der Waals surface area contributed by atoms with Crippen LogP contribution in [0.1, 0.15) is 26.2 Å². The fourth-order valence-corrected chi connectivity index (χ4v) is 3.11. The van der Waals surface area contributed by atoms with E-state index < -0.39 is 10.2 Å². The SMILES string of the molecule is CCNCCCN(C)S(=O)(=O)NCCN1CCCC1. The Morgan fingerprint density at radius 1 is 1.21 bits per heavy atom. The largest absolute Gasteiger partial charge is 0.317 e. The molecule has 1 heterocycles. The molecule has 0 spiro atoms. The molecule has 0 radical (unpaired) electrons. The first-order valence-corrected chi connectivity index (χ1v) is 8.64. The summed E-state index contributed by atoms with van der Waals surface area (Å²) in [7, 11) is -1.68. The summed E-state index contributed by atoms with van der Waals surface area (Å²) in [5.41, 5.74) is 0. The van der Waals surface area contributed by atoms with E-state index in [1.54, 1.807) is 7.05 Å². The van der Waals surface area contributed by atoms with Crippen LogP contribution in [0.2, 0.25) is 0 Å². The van der Waals surface area contributed by atoms with E-state index in [0.29, 0.717) is 13.1 Å². The fourth-order valence-electron chi connectivity index (χ4n) is 2.17. The highest BCUT2D eigenvalue weighted by molar-refractivity contribution is 7.87. The second kappa shape index (κ2) is 8.86. The van der Waals surface area contributed by atoms with Gasteiger partial charge in [-0.1, -0.05) is 6.92 Å². The van der Waals surface area contributed by atoms with Crippen LogP contribution < -0.4 is 10.0 Å². The molecule has 7 heteroatoms. The molecule has 1 saturated heterocycles. The van der Waals surface area contributed by atoms with Crippen LogP contribution in [-0.4, -0.2) is 70.5 Å². The summed E-state index contributed by atoms with van der Waals surface area (Å²) < 4.78 is 27.9. The number of nitrogens with zero attached hydrogens (tertiary/aromatic N) is 2. The number of rotatable bonds is 10. The maximum atomic E-state index is 11.9. The summed E-state index contributed by atoms with van der Waals surface area (Å²) in [5.74, 6) is 0. The van der Waals surface area contributed by atoms with Gasteiger partial charge < -0.3 is 10.2 Å². The fraction of sp³-hybridized carbons (Fsp3) is 1.00. The van der Waals surface area contributed by atoms with Crippen LogP contribution >= 0.6 is 0 Å². The Labute approximate surface area is 117 Å². The predicted octanol–water partition coefficient (Wildman–Crippen LogP) is -0.152. The maximum Gasteiger partial charge on any atom is 0.279 e.